The number of aromatic nitrogens is 2. The second kappa shape index (κ2) is 7.67. The van der Waals surface area contributed by atoms with E-state index < -0.39 is 6.10 Å². The molecule has 32 heavy (non-hydrogen) atoms. The number of rotatable bonds is 5. The summed E-state index contributed by atoms with van der Waals surface area (Å²) in [6.45, 7) is 2.69. The van der Waals surface area contributed by atoms with Crippen LogP contribution in [0.25, 0.3) is 11.1 Å². The van der Waals surface area contributed by atoms with Crippen LogP contribution in [0, 0.1) is 5.82 Å². The van der Waals surface area contributed by atoms with Gasteiger partial charge in [0, 0.05) is 60.3 Å². The van der Waals surface area contributed by atoms with Crippen LogP contribution < -0.4 is 4.90 Å². The number of aliphatic hydroxyl groups excluding tert-OH is 1. The number of aliphatic hydroxyl groups is 1. The van der Waals surface area contributed by atoms with Crippen LogP contribution in [0.3, 0.4) is 0 Å². The first-order valence-corrected chi connectivity index (χ1v) is 10.8. The first-order valence-electron chi connectivity index (χ1n) is 10.8. The molecule has 1 amide bonds. The second-order valence-electron chi connectivity index (χ2n) is 8.88. The number of carbonyl (C=O) groups excluding carboxylic acids is 1. The number of nitrogens with zero attached hydrogens (tertiary/aromatic N) is 4. The quantitative estimate of drug-likeness (QED) is 0.662. The number of hydrogen-bond acceptors (Lipinski definition) is 5. The number of hydrogen-bond donors (Lipinski definition) is 1. The third-order valence-electron chi connectivity index (χ3n) is 6.37. The maximum absolute atomic E-state index is 14.1. The first-order chi connectivity index (χ1) is 15.4. The Morgan fingerprint density at radius 1 is 1.22 bits per heavy atom. The van der Waals surface area contributed by atoms with E-state index in [9.17, 15) is 14.3 Å². The third-order valence-corrected chi connectivity index (χ3v) is 6.37. The average Bonchev–Trinajstić information content (AvgIpc) is 3.50. The van der Waals surface area contributed by atoms with Crippen LogP contribution >= 0.6 is 0 Å². The van der Waals surface area contributed by atoms with Crippen LogP contribution in [-0.4, -0.2) is 52.1 Å². The minimum atomic E-state index is -0.592. The maximum atomic E-state index is 14.1. The van der Waals surface area contributed by atoms with Gasteiger partial charge in [-0.15, -0.1) is 0 Å². The molecule has 6 nitrogen and oxygen atoms in total. The third kappa shape index (κ3) is 3.52. The molecule has 2 heterocycles. The molecule has 0 saturated heterocycles. The van der Waals surface area contributed by atoms with Crippen molar-refractivity contribution in [3.8, 4) is 11.1 Å². The van der Waals surface area contributed by atoms with Crippen molar-refractivity contribution < 1.29 is 14.3 Å². The van der Waals surface area contributed by atoms with E-state index in [-0.39, 0.29) is 23.7 Å². The molecule has 2 aliphatic rings. The molecule has 7 heteroatoms. The van der Waals surface area contributed by atoms with Crippen molar-refractivity contribution in [2.75, 3.05) is 25.0 Å². The van der Waals surface area contributed by atoms with Crippen LogP contribution in [0.1, 0.15) is 35.7 Å². The lowest BCUT2D eigenvalue weighted by molar-refractivity contribution is 0.0703. The fourth-order valence-electron chi connectivity index (χ4n) is 4.56. The lowest BCUT2D eigenvalue weighted by Gasteiger charge is -2.21. The summed E-state index contributed by atoms with van der Waals surface area (Å²) in [6, 6.07) is 12.4. The topological polar surface area (TPSA) is 69.6 Å². The highest BCUT2D eigenvalue weighted by Crippen LogP contribution is 2.57. The van der Waals surface area contributed by atoms with E-state index >= 15 is 0 Å². The molecule has 1 saturated carbocycles. The Hall–Kier alpha value is -3.32. The van der Waals surface area contributed by atoms with Crippen LogP contribution in [0.15, 0.2) is 54.9 Å². The van der Waals surface area contributed by atoms with Gasteiger partial charge in [0.25, 0.3) is 5.91 Å². The van der Waals surface area contributed by atoms with Crippen LogP contribution in [0.5, 0.6) is 0 Å². The highest BCUT2D eigenvalue weighted by molar-refractivity contribution is 5.96. The van der Waals surface area contributed by atoms with Crippen molar-refractivity contribution >= 4 is 17.5 Å². The maximum Gasteiger partial charge on any atom is 0.253 e. The number of halogens is 1. The van der Waals surface area contributed by atoms with E-state index in [2.05, 4.69) is 14.9 Å². The fraction of sp³-hybridized carbons (Fsp3) is 0.320. The summed E-state index contributed by atoms with van der Waals surface area (Å²) in [4.78, 5) is 25.5. The standard InChI is InChI=1S/C25H25FN4O2/c1-16(31)14-29(2)23(32)17-7-8-20-22(11-17)30(15-25(20)9-10-25)24-27-12-18(13-28-24)19-5-3-4-6-21(19)26/h3-8,11-13,16,31H,9-10,14-15H2,1-2H3/t16-/m0/s1. The molecule has 1 fully saturated rings. The molecule has 3 aromatic rings. The van der Waals surface area contributed by atoms with Crippen LogP contribution in [-0.2, 0) is 5.41 Å². The number of fused-ring (bicyclic) bond motifs is 2. The Morgan fingerprint density at radius 3 is 2.59 bits per heavy atom. The molecule has 5 rings (SSSR count). The highest BCUT2D eigenvalue weighted by atomic mass is 19.1. The Morgan fingerprint density at radius 2 is 1.94 bits per heavy atom. The lowest BCUT2D eigenvalue weighted by atomic mass is 9.97. The van der Waals surface area contributed by atoms with Gasteiger partial charge in [-0.05, 0) is 43.5 Å². The van der Waals surface area contributed by atoms with E-state index in [1.165, 1.54) is 16.5 Å². The smallest absolute Gasteiger partial charge is 0.253 e. The van der Waals surface area contributed by atoms with Gasteiger partial charge in [0.05, 0.1) is 6.10 Å². The normalized spacial score (nSPS) is 16.7. The van der Waals surface area contributed by atoms with Gasteiger partial charge in [-0.1, -0.05) is 24.3 Å². The van der Waals surface area contributed by atoms with Gasteiger partial charge in [-0.3, -0.25) is 4.79 Å². The summed E-state index contributed by atoms with van der Waals surface area (Å²) < 4.78 is 14.1. The first kappa shape index (κ1) is 20.6. The molecule has 0 unspecified atom stereocenters. The zero-order valence-electron chi connectivity index (χ0n) is 18.1. The van der Waals surface area contributed by atoms with Crippen molar-refractivity contribution in [1.29, 1.82) is 0 Å². The monoisotopic (exact) mass is 432 g/mol. The summed E-state index contributed by atoms with van der Waals surface area (Å²) in [5.41, 5.74) is 3.91. The number of likely N-dealkylation sites (N-methyl/N-ethyl adjacent to an activating group) is 1. The molecule has 0 bridgehead atoms. The summed E-state index contributed by atoms with van der Waals surface area (Å²) in [7, 11) is 1.69. The van der Waals surface area contributed by atoms with E-state index in [4.69, 9.17) is 0 Å². The summed E-state index contributed by atoms with van der Waals surface area (Å²) in [6.07, 6.45) is 4.89. The van der Waals surface area contributed by atoms with Crippen LogP contribution in [0.2, 0.25) is 0 Å². The second-order valence-corrected chi connectivity index (χ2v) is 8.88. The van der Waals surface area contributed by atoms with Gasteiger partial charge in [0.1, 0.15) is 5.82 Å². The SMILES string of the molecule is C[C@H](O)CN(C)C(=O)c1ccc2c(c1)N(c1ncc(-c3ccccc3F)cn1)CC21CC1. The Bertz CT molecular complexity index is 1170. The van der Waals surface area contributed by atoms with Gasteiger partial charge in [0.15, 0.2) is 0 Å². The average molecular weight is 432 g/mol. The van der Waals surface area contributed by atoms with Crippen LogP contribution in [0.4, 0.5) is 16.0 Å². The Balaban J connectivity index is 1.47. The van der Waals surface area contributed by atoms with Crippen molar-refractivity contribution in [2.45, 2.75) is 31.3 Å². The number of carbonyl (C=O) groups is 1. The van der Waals surface area contributed by atoms with E-state index in [0.717, 1.165) is 25.1 Å². The van der Waals surface area contributed by atoms with E-state index in [1.807, 2.05) is 18.2 Å². The molecule has 1 aromatic heterocycles. The molecule has 1 spiro atoms. The molecular weight excluding hydrogens is 407 g/mol. The largest absolute Gasteiger partial charge is 0.392 e. The molecule has 1 atom stereocenters. The van der Waals surface area contributed by atoms with Gasteiger partial charge < -0.3 is 14.9 Å². The van der Waals surface area contributed by atoms with Crippen molar-refractivity contribution in [2.24, 2.45) is 0 Å². The fourth-order valence-corrected chi connectivity index (χ4v) is 4.56. The van der Waals surface area contributed by atoms with Gasteiger partial charge in [0.2, 0.25) is 5.95 Å². The zero-order chi connectivity index (χ0) is 22.5. The van der Waals surface area contributed by atoms with Crippen molar-refractivity contribution in [1.82, 2.24) is 14.9 Å². The van der Waals surface area contributed by atoms with Gasteiger partial charge >= 0.3 is 0 Å². The Labute approximate surface area is 186 Å². The molecular formula is C25H25FN4O2. The Kier molecular flexibility index (Phi) is 4.93. The minimum absolute atomic E-state index is 0.0932. The van der Waals surface area contributed by atoms with E-state index in [1.54, 1.807) is 44.6 Å². The molecule has 1 aliphatic heterocycles. The van der Waals surface area contributed by atoms with Gasteiger partial charge in [-0.25, -0.2) is 14.4 Å². The number of amides is 1. The van der Waals surface area contributed by atoms with Crippen molar-refractivity contribution in [3.05, 3.63) is 71.8 Å². The molecule has 2 aromatic carbocycles. The predicted octanol–water partition coefficient (Wildman–Crippen LogP) is 3.92. The highest BCUT2D eigenvalue weighted by Gasteiger charge is 2.52. The van der Waals surface area contributed by atoms with E-state index in [0.29, 0.717) is 22.6 Å². The number of benzene rings is 2. The lowest BCUT2D eigenvalue weighted by Crippen LogP contribution is -2.33. The minimum Gasteiger partial charge on any atom is -0.392 e. The summed E-state index contributed by atoms with van der Waals surface area (Å²) in [5, 5.41) is 9.62. The van der Waals surface area contributed by atoms with Gasteiger partial charge in [-0.2, -0.15) is 0 Å². The summed E-state index contributed by atoms with van der Waals surface area (Å²) in [5.74, 6) is 0.0926. The molecule has 1 aliphatic carbocycles. The number of anilines is 2. The van der Waals surface area contributed by atoms with Crippen molar-refractivity contribution in [3.63, 3.8) is 0 Å². The summed E-state index contributed by atoms with van der Waals surface area (Å²) >= 11 is 0. The zero-order valence-corrected chi connectivity index (χ0v) is 18.1. The molecule has 164 valence electrons. The molecule has 1 N–H and O–H groups in total. The predicted molar refractivity (Wildman–Crippen MR) is 120 cm³/mol. The molecule has 0 radical (unpaired) electrons.